The molecule has 1 rings (SSSR count). The summed E-state index contributed by atoms with van der Waals surface area (Å²) in [7, 11) is 0. The van der Waals surface area contributed by atoms with Crippen molar-refractivity contribution in [2.75, 3.05) is 0 Å². The zero-order chi connectivity index (χ0) is 10.8. The highest BCUT2D eigenvalue weighted by Crippen LogP contribution is 2.28. The molecule has 0 bridgehead atoms. The van der Waals surface area contributed by atoms with E-state index in [1.165, 1.54) is 12.1 Å². The zero-order valence-corrected chi connectivity index (χ0v) is 8.97. The molecule has 0 aliphatic carbocycles. The second kappa shape index (κ2) is 4.09. The van der Waals surface area contributed by atoms with Crippen LogP contribution in [0.2, 0.25) is 0 Å². The molecule has 0 fully saturated rings. The van der Waals surface area contributed by atoms with Crippen molar-refractivity contribution in [3.8, 4) is 0 Å². The van der Waals surface area contributed by atoms with Crippen molar-refractivity contribution in [3.63, 3.8) is 0 Å². The van der Waals surface area contributed by atoms with Crippen molar-refractivity contribution >= 4 is 0 Å². The van der Waals surface area contributed by atoms with E-state index in [1.54, 1.807) is 13.0 Å². The van der Waals surface area contributed by atoms with Crippen LogP contribution in [0.3, 0.4) is 0 Å². The third kappa shape index (κ3) is 2.32. The van der Waals surface area contributed by atoms with E-state index in [4.69, 9.17) is 0 Å². The lowest BCUT2D eigenvalue weighted by molar-refractivity contribution is 0.0463. The van der Waals surface area contributed by atoms with Gasteiger partial charge in [0.25, 0.3) is 0 Å². The van der Waals surface area contributed by atoms with Gasteiger partial charge in [-0.05, 0) is 43.5 Å². The van der Waals surface area contributed by atoms with E-state index in [2.05, 4.69) is 0 Å². The van der Waals surface area contributed by atoms with Crippen molar-refractivity contribution < 1.29 is 9.50 Å². The third-order valence-corrected chi connectivity index (χ3v) is 2.51. The lowest BCUT2D eigenvalue weighted by atomic mass is 9.88. The van der Waals surface area contributed by atoms with Gasteiger partial charge in [0.2, 0.25) is 0 Å². The largest absolute Gasteiger partial charge is 0.385 e. The molecule has 78 valence electrons. The maximum Gasteiger partial charge on any atom is 0.123 e. The molecule has 0 unspecified atom stereocenters. The van der Waals surface area contributed by atoms with Gasteiger partial charge in [-0.2, -0.15) is 0 Å². The number of benzene rings is 1. The first-order chi connectivity index (χ1) is 6.47. The van der Waals surface area contributed by atoms with Crippen molar-refractivity contribution in [1.29, 1.82) is 0 Å². The second-order valence-corrected chi connectivity index (χ2v) is 3.98. The van der Waals surface area contributed by atoms with E-state index >= 15 is 0 Å². The van der Waals surface area contributed by atoms with Gasteiger partial charge in [-0.3, -0.25) is 0 Å². The second-order valence-electron chi connectivity index (χ2n) is 3.98. The Labute approximate surface area is 84.6 Å². The van der Waals surface area contributed by atoms with Gasteiger partial charge >= 0.3 is 0 Å². The van der Waals surface area contributed by atoms with Crippen LogP contribution in [0.5, 0.6) is 0 Å². The minimum Gasteiger partial charge on any atom is -0.385 e. The maximum atomic E-state index is 12.8. The Morgan fingerprint density at radius 3 is 2.57 bits per heavy atom. The van der Waals surface area contributed by atoms with Crippen LogP contribution in [0.1, 0.15) is 37.8 Å². The first-order valence-corrected chi connectivity index (χ1v) is 4.96. The quantitative estimate of drug-likeness (QED) is 0.787. The monoisotopic (exact) mass is 196 g/mol. The fourth-order valence-electron chi connectivity index (χ4n) is 1.85. The van der Waals surface area contributed by atoms with Crippen molar-refractivity contribution in [3.05, 3.63) is 35.1 Å². The van der Waals surface area contributed by atoms with Gasteiger partial charge in [-0.15, -0.1) is 0 Å². The molecule has 1 aromatic rings. The highest BCUT2D eigenvalue weighted by Gasteiger charge is 2.23. The smallest absolute Gasteiger partial charge is 0.123 e. The molecule has 1 nitrogen and oxygen atoms in total. The molecule has 0 saturated heterocycles. The molecular formula is C12H17FO. The minimum atomic E-state index is -0.841. The Balaban J connectivity index is 3.06. The van der Waals surface area contributed by atoms with Gasteiger partial charge in [0.05, 0.1) is 5.60 Å². The standard InChI is InChI=1S/C12H17FO/c1-4-7-12(3,14)11-6-5-10(13)8-9(11)2/h5-6,8,14H,4,7H2,1-3H3/t12-/m0/s1. The molecule has 0 aliphatic heterocycles. The Bertz CT molecular complexity index is 318. The average molecular weight is 196 g/mol. The van der Waals surface area contributed by atoms with E-state index in [0.717, 1.165) is 17.5 Å². The number of halogens is 1. The summed E-state index contributed by atoms with van der Waals surface area (Å²) in [6.45, 7) is 5.62. The highest BCUT2D eigenvalue weighted by molar-refractivity contribution is 5.31. The van der Waals surface area contributed by atoms with Crippen LogP contribution < -0.4 is 0 Å². The summed E-state index contributed by atoms with van der Waals surface area (Å²) < 4.78 is 12.8. The third-order valence-electron chi connectivity index (χ3n) is 2.51. The van der Waals surface area contributed by atoms with Gasteiger partial charge < -0.3 is 5.11 Å². The van der Waals surface area contributed by atoms with Crippen LogP contribution in [0, 0.1) is 12.7 Å². The zero-order valence-electron chi connectivity index (χ0n) is 8.97. The summed E-state index contributed by atoms with van der Waals surface area (Å²) >= 11 is 0. The van der Waals surface area contributed by atoms with Gasteiger partial charge in [0, 0.05) is 0 Å². The minimum absolute atomic E-state index is 0.251. The van der Waals surface area contributed by atoms with Crippen LogP contribution in [-0.2, 0) is 5.60 Å². The summed E-state index contributed by atoms with van der Waals surface area (Å²) in [5.41, 5.74) is 0.788. The summed E-state index contributed by atoms with van der Waals surface area (Å²) in [6, 6.07) is 4.52. The molecule has 0 radical (unpaired) electrons. The van der Waals surface area contributed by atoms with Crippen LogP contribution in [0.15, 0.2) is 18.2 Å². The summed E-state index contributed by atoms with van der Waals surface area (Å²) in [5, 5.41) is 10.1. The highest BCUT2D eigenvalue weighted by atomic mass is 19.1. The number of aliphatic hydroxyl groups is 1. The Morgan fingerprint density at radius 2 is 2.07 bits per heavy atom. The molecule has 0 spiro atoms. The maximum absolute atomic E-state index is 12.8. The Morgan fingerprint density at radius 1 is 1.43 bits per heavy atom. The van der Waals surface area contributed by atoms with E-state index in [-0.39, 0.29) is 5.82 Å². The van der Waals surface area contributed by atoms with Crippen molar-refractivity contribution in [2.45, 2.75) is 39.2 Å². The Hall–Kier alpha value is -0.890. The summed E-state index contributed by atoms with van der Waals surface area (Å²) in [4.78, 5) is 0. The molecular weight excluding hydrogens is 179 g/mol. The van der Waals surface area contributed by atoms with Crippen LogP contribution in [0.4, 0.5) is 4.39 Å². The lowest BCUT2D eigenvalue weighted by Gasteiger charge is -2.25. The van der Waals surface area contributed by atoms with Gasteiger partial charge in [-0.1, -0.05) is 19.4 Å². The van der Waals surface area contributed by atoms with Gasteiger partial charge in [0.1, 0.15) is 5.82 Å². The Kier molecular flexibility index (Phi) is 3.27. The van der Waals surface area contributed by atoms with Crippen molar-refractivity contribution in [2.24, 2.45) is 0 Å². The fraction of sp³-hybridized carbons (Fsp3) is 0.500. The number of hydrogen-bond donors (Lipinski definition) is 1. The predicted molar refractivity (Wildman–Crippen MR) is 55.6 cm³/mol. The molecule has 2 heteroatoms. The SMILES string of the molecule is CCC[C@](C)(O)c1ccc(F)cc1C. The topological polar surface area (TPSA) is 20.2 Å². The first kappa shape index (κ1) is 11.2. The summed E-state index contributed by atoms with van der Waals surface area (Å²) in [6.07, 6.45) is 1.60. The first-order valence-electron chi connectivity index (χ1n) is 4.96. The van der Waals surface area contributed by atoms with Gasteiger partial charge in [0.15, 0.2) is 0 Å². The molecule has 1 N–H and O–H groups in total. The number of aryl methyl sites for hydroxylation is 1. The molecule has 1 aromatic carbocycles. The van der Waals surface area contributed by atoms with E-state index in [9.17, 15) is 9.50 Å². The predicted octanol–water partition coefficient (Wildman–Crippen LogP) is 3.14. The van der Waals surface area contributed by atoms with Crippen LogP contribution >= 0.6 is 0 Å². The normalized spacial score (nSPS) is 15.2. The number of rotatable bonds is 3. The van der Waals surface area contributed by atoms with Crippen LogP contribution in [0.25, 0.3) is 0 Å². The van der Waals surface area contributed by atoms with Crippen LogP contribution in [-0.4, -0.2) is 5.11 Å². The molecule has 0 aliphatic rings. The van der Waals surface area contributed by atoms with E-state index < -0.39 is 5.60 Å². The van der Waals surface area contributed by atoms with Gasteiger partial charge in [-0.25, -0.2) is 4.39 Å². The molecule has 0 aromatic heterocycles. The summed E-state index contributed by atoms with van der Waals surface area (Å²) in [5.74, 6) is -0.251. The van der Waals surface area contributed by atoms with E-state index in [0.29, 0.717) is 6.42 Å². The average Bonchev–Trinajstić information content (AvgIpc) is 2.02. The molecule has 14 heavy (non-hydrogen) atoms. The number of hydrogen-bond acceptors (Lipinski definition) is 1. The molecule has 0 heterocycles. The van der Waals surface area contributed by atoms with E-state index in [1.807, 2.05) is 13.8 Å². The van der Waals surface area contributed by atoms with Crippen molar-refractivity contribution in [1.82, 2.24) is 0 Å². The fourth-order valence-corrected chi connectivity index (χ4v) is 1.85. The lowest BCUT2D eigenvalue weighted by Crippen LogP contribution is -2.22. The molecule has 0 saturated carbocycles. The molecule has 1 atom stereocenters. The molecule has 0 amide bonds.